The van der Waals surface area contributed by atoms with Crippen molar-refractivity contribution in [2.45, 2.75) is 38.6 Å². The van der Waals surface area contributed by atoms with Gasteiger partial charge in [-0.3, -0.25) is 14.0 Å². The smallest absolute Gasteiger partial charge is 0.446 e. The zero-order chi connectivity index (χ0) is 25.7. The van der Waals surface area contributed by atoms with Gasteiger partial charge in [0.25, 0.3) is 0 Å². The molecule has 0 saturated heterocycles. The van der Waals surface area contributed by atoms with Gasteiger partial charge in [-0.25, -0.2) is 19.1 Å². The van der Waals surface area contributed by atoms with Crippen LogP contribution in [0.2, 0.25) is 0 Å². The Balaban J connectivity index is 2.02. The van der Waals surface area contributed by atoms with Gasteiger partial charge >= 0.3 is 12.1 Å². The van der Waals surface area contributed by atoms with Crippen LogP contribution >= 0.6 is 0 Å². The first kappa shape index (κ1) is 25.8. The number of carbonyl (C=O) groups is 2. The first-order chi connectivity index (χ1) is 16.7. The van der Waals surface area contributed by atoms with Gasteiger partial charge in [0.15, 0.2) is 5.71 Å². The van der Waals surface area contributed by atoms with E-state index >= 15 is 0 Å². The molecule has 0 bridgehead atoms. The number of imidazole rings is 1. The van der Waals surface area contributed by atoms with Crippen molar-refractivity contribution in [2.75, 3.05) is 20.8 Å². The maximum atomic E-state index is 13.4. The number of oxime groups is 1. The summed E-state index contributed by atoms with van der Waals surface area (Å²) in [4.78, 5) is 38.5. The Morgan fingerprint density at radius 2 is 1.91 bits per heavy atom. The molecule has 0 spiro atoms. The molecule has 0 amide bonds. The predicted molar refractivity (Wildman–Crippen MR) is 128 cm³/mol. The van der Waals surface area contributed by atoms with Crippen LogP contribution in [0.4, 0.5) is 4.79 Å². The van der Waals surface area contributed by atoms with E-state index in [-0.39, 0.29) is 23.2 Å². The first-order valence-corrected chi connectivity index (χ1v) is 11.9. The van der Waals surface area contributed by atoms with E-state index in [1.54, 1.807) is 38.4 Å². The molecule has 0 saturated carbocycles. The highest BCUT2D eigenvalue weighted by molar-refractivity contribution is 7.84. The third-order valence-electron chi connectivity index (χ3n) is 5.07. The molecule has 12 heteroatoms. The van der Waals surface area contributed by atoms with Crippen molar-refractivity contribution in [1.29, 1.82) is 0 Å². The van der Waals surface area contributed by atoms with Gasteiger partial charge < -0.3 is 14.2 Å². The summed E-state index contributed by atoms with van der Waals surface area (Å²) in [6, 6.07) is 4.82. The van der Waals surface area contributed by atoms with Gasteiger partial charge in [0.05, 0.1) is 54.1 Å². The van der Waals surface area contributed by atoms with Gasteiger partial charge in [-0.1, -0.05) is 5.16 Å². The molecular formula is C23H26N4O7S. The highest BCUT2D eigenvalue weighted by Crippen LogP contribution is 2.28. The molecular weight excluding hydrogens is 476 g/mol. The van der Waals surface area contributed by atoms with Crippen molar-refractivity contribution in [3.8, 4) is 11.5 Å². The van der Waals surface area contributed by atoms with E-state index in [9.17, 15) is 13.8 Å². The fourth-order valence-corrected chi connectivity index (χ4v) is 4.57. The van der Waals surface area contributed by atoms with Crippen LogP contribution in [0.5, 0.6) is 11.5 Å². The summed E-state index contributed by atoms with van der Waals surface area (Å²) in [5.41, 5.74) is 2.66. The van der Waals surface area contributed by atoms with Gasteiger partial charge in [0.1, 0.15) is 11.5 Å². The van der Waals surface area contributed by atoms with Crippen LogP contribution in [0.3, 0.4) is 0 Å². The van der Waals surface area contributed by atoms with Gasteiger partial charge in [-0.05, 0) is 39.8 Å². The predicted octanol–water partition coefficient (Wildman–Crippen LogP) is 3.30. The van der Waals surface area contributed by atoms with E-state index in [4.69, 9.17) is 19.0 Å². The number of carbonyl (C=O) groups excluding carboxylic acids is 2. The fraction of sp³-hybridized carbons (Fsp3) is 0.348. The number of fused-ring (bicyclic) bond motifs is 1. The lowest BCUT2D eigenvalue weighted by Gasteiger charge is -2.12. The minimum absolute atomic E-state index is 0.0265. The summed E-state index contributed by atoms with van der Waals surface area (Å²) in [5.74, 6) is 0.402. The molecule has 0 radical (unpaired) electrons. The van der Waals surface area contributed by atoms with E-state index in [0.29, 0.717) is 28.2 Å². The SMILES string of the molecule is CCOC(=O)C(C)=NOC(=O)n1c(S(=O)Cc2ncc(C)c(OC)c2C)nc2cc(OC)ccc21. The zero-order valence-corrected chi connectivity index (χ0v) is 21.1. The van der Waals surface area contributed by atoms with Gasteiger partial charge in [-0.15, -0.1) is 0 Å². The number of hydrogen-bond donors (Lipinski definition) is 0. The van der Waals surface area contributed by atoms with E-state index in [2.05, 4.69) is 15.1 Å². The number of rotatable bonds is 8. The maximum Gasteiger partial charge on any atom is 0.446 e. The number of methoxy groups -OCH3 is 2. The Kier molecular flexibility index (Phi) is 8.18. The zero-order valence-electron chi connectivity index (χ0n) is 20.3. The maximum absolute atomic E-state index is 13.4. The van der Waals surface area contributed by atoms with Crippen LogP contribution in [0.15, 0.2) is 34.7 Å². The summed E-state index contributed by atoms with van der Waals surface area (Å²) in [7, 11) is 1.24. The molecule has 35 heavy (non-hydrogen) atoms. The Bertz CT molecular complexity index is 1330. The van der Waals surface area contributed by atoms with E-state index in [1.165, 1.54) is 14.0 Å². The molecule has 0 N–H and O–H groups in total. The molecule has 1 unspecified atom stereocenters. The second-order valence-electron chi connectivity index (χ2n) is 7.37. The number of benzene rings is 1. The monoisotopic (exact) mass is 502 g/mol. The summed E-state index contributed by atoms with van der Waals surface area (Å²) in [6.45, 7) is 6.82. The fourth-order valence-electron chi connectivity index (χ4n) is 3.32. The van der Waals surface area contributed by atoms with Crippen molar-refractivity contribution in [3.63, 3.8) is 0 Å². The molecule has 1 aromatic carbocycles. The van der Waals surface area contributed by atoms with Crippen LogP contribution < -0.4 is 9.47 Å². The normalized spacial score (nSPS) is 12.3. The standard InChI is InChI=1S/C23H26N4O7S/c1-7-33-21(28)15(4)26-34-23(29)27-19-9-8-16(31-5)10-17(19)25-22(27)35(30)12-18-14(3)20(32-6)13(2)11-24-18/h8-11H,7,12H2,1-6H3. The minimum Gasteiger partial charge on any atom is -0.497 e. The Hall–Kier alpha value is -3.80. The molecule has 11 nitrogen and oxygen atoms in total. The molecule has 0 aliphatic carbocycles. The van der Waals surface area contributed by atoms with Gasteiger partial charge in [0.2, 0.25) is 5.16 Å². The van der Waals surface area contributed by atoms with E-state index in [1.807, 2.05) is 13.8 Å². The molecule has 3 aromatic rings. The molecule has 0 aliphatic rings. The molecule has 0 fully saturated rings. The summed E-state index contributed by atoms with van der Waals surface area (Å²) in [6.07, 6.45) is 0.642. The summed E-state index contributed by atoms with van der Waals surface area (Å²) >= 11 is 0. The van der Waals surface area contributed by atoms with Crippen LogP contribution in [-0.2, 0) is 30.9 Å². The van der Waals surface area contributed by atoms with E-state index < -0.39 is 22.9 Å². The second-order valence-corrected chi connectivity index (χ2v) is 8.72. The summed E-state index contributed by atoms with van der Waals surface area (Å²) in [5, 5.41) is 3.49. The number of hydrogen-bond acceptors (Lipinski definition) is 10. The molecule has 2 heterocycles. The highest BCUT2D eigenvalue weighted by atomic mass is 32.2. The molecule has 2 aromatic heterocycles. The third-order valence-corrected chi connectivity index (χ3v) is 6.28. The molecule has 186 valence electrons. The average molecular weight is 503 g/mol. The van der Waals surface area contributed by atoms with Crippen molar-refractivity contribution < 1.29 is 32.8 Å². The first-order valence-electron chi connectivity index (χ1n) is 10.6. The Labute approximate surface area is 204 Å². The topological polar surface area (TPSA) is 131 Å². The van der Waals surface area contributed by atoms with Gasteiger partial charge in [-0.2, -0.15) is 0 Å². The number of pyridine rings is 1. The van der Waals surface area contributed by atoms with Crippen LogP contribution in [-0.4, -0.2) is 57.3 Å². The largest absolute Gasteiger partial charge is 0.497 e. The number of aryl methyl sites for hydroxylation is 1. The van der Waals surface area contributed by atoms with Crippen molar-refractivity contribution >= 4 is 39.6 Å². The van der Waals surface area contributed by atoms with Crippen LogP contribution in [0.1, 0.15) is 30.7 Å². The number of esters is 1. The third kappa shape index (κ3) is 5.48. The average Bonchev–Trinajstić information content (AvgIpc) is 3.23. The highest BCUT2D eigenvalue weighted by Gasteiger charge is 2.25. The van der Waals surface area contributed by atoms with Gasteiger partial charge in [0, 0.05) is 23.4 Å². The number of ether oxygens (including phenoxy) is 3. The number of aromatic nitrogens is 3. The lowest BCUT2D eigenvalue weighted by atomic mass is 10.1. The van der Waals surface area contributed by atoms with Crippen molar-refractivity contribution in [3.05, 3.63) is 41.2 Å². The molecule has 1 atom stereocenters. The van der Waals surface area contributed by atoms with Crippen LogP contribution in [0, 0.1) is 13.8 Å². The van der Waals surface area contributed by atoms with Crippen LogP contribution in [0.25, 0.3) is 11.0 Å². The second kappa shape index (κ2) is 11.1. The van der Waals surface area contributed by atoms with Crippen molar-refractivity contribution in [1.82, 2.24) is 14.5 Å². The lowest BCUT2D eigenvalue weighted by molar-refractivity contribution is -0.135. The summed E-state index contributed by atoms with van der Waals surface area (Å²) < 4.78 is 30.0. The van der Waals surface area contributed by atoms with E-state index in [0.717, 1.165) is 15.7 Å². The molecule has 3 rings (SSSR count). The number of nitrogens with zero attached hydrogens (tertiary/aromatic N) is 4. The Morgan fingerprint density at radius 3 is 2.57 bits per heavy atom. The lowest BCUT2D eigenvalue weighted by Crippen LogP contribution is -2.19. The quantitative estimate of drug-likeness (QED) is 0.197. The molecule has 0 aliphatic heterocycles. The minimum atomic E-state index is -1.81. The van der Waals surface area contributed by atoms with Crippen molar-refractivity contribution in [2.24, 2.45) is 5.16 Å². The Morgan fingerprint density at radius 1 is 1.17 bits per heavy atom.